The van der Waals surface area contributed by atoms with Crippen LogP contribution in [-0.2, 0) is 0 Å². The van der Waals surface area contributed by atoms with E-state index in [0.717, 1.165) is 0 Å². The molecule has 0 radical (unpaired) electrons. The van der Waals surface area contributed by atoms with Crippen molar-refractivity contribution >= 4 is 79.6 Å². The molecule has 0 spiro atoms. The fourth-order valence-electron chi connectivity index (χ4n) is 14.1. The van der Waals surface area contributed by atoms with Gasteiger partial charge in [-0.2, -0.15) is 105 Å². The Morgan fingerprint density at radius 1 is 0.153 bits per heavy atom. The maximum atomic E-state index is 13.4. The summed E-state index contributed by atoms with van der Waals surface area (Å²) in [5.74, 6) is 0.597. The van der Waals surface area contributed by atoms with Gasteiger partial charge in [0.25, 0.3) is 0 Å². The molecule has 0 aliphatic carbocycles. The van der Waals surface area contributed by atoms with Crippen LogP contribution in [0.1, 0.15) is 51.4 Å². The van der Waals surface area contributed by atoms with Crippen molar-refractivity contribution in [3.05, 3.63) is 291 Å². The van der Waals surface area contributed by atoms with Crippen LogP contribution in [0.25, 0.3) is 43.1 Å². The van der Waals surface area contributed by atoms with Crippen molar-refractivity contribution in [3.8, 4) is 89.1 Å². The zero-order valence-corrected chi connectivity index (χ0v) is 72.4. The van der Waals surface area contributed by atoms with Gasteiger partial charge in [-0.25, -0.2) is 0 Å². The predicted molar refractivity (Wildman–Crippen MR) is 474 cm³/mol. The number of thiophene rings is 1. The van der Waals surface area contributed by atoms with Crippen molar-refractivity contribution in [2.45, 2.75) is 101 Å². The first-order valence-corrected chi connectivity index (χ1v) is 42.8. The normalized spacial score (nSPS) is 12.3. The van der Waals surface area contributed by atoms with Gasteiger partial charge < -0.3 is 57.5 Å². The van der Waals surface area contributed by atoms with Gasteiger partial charge in [0, 0.05) is 89.1 Å². The molecule has 0 fully saturated rings. The van der Waals surface area contributed by atoms with Crippen molar-refractivity contribution in [1.29, 1.82) is 0 Å². The molecule has 0 amide bonds. The molecular formula is C100H80F24N4O8S. The van der Waals surface area contributed by atoms with E-state index < -0.39 is 154 Å². The molecule has 0 unspecified atom stereocenters. The van der Waals surface area contributed by atoms with E-state index >= 15 is 0 Å². The molecule has 137 heavy (non-hydrogen) atoms. The largest absolute Gasteiger partial charge is 0.493 e. The number of halogens is 24. The minimum absolute atomic E-state index is 0.0712. The van der Waals surface area contributed by atoms with Crippen molar-refractivity contribution in [3.63, 3.8) is 0 Å². The number of anilines is 12. The molecule has 0 saturated carbocycles. The highest BCUT2D eigenvalue weighted by Crippen LogP contribution is 2.55. The molecular weight excluding hydrogens is 1870 g/mol. The highest BCUT2D eigenvalue weighted by Gasteiger charge is 2.35. The van der Waals surface area contributed by atoms with E-state index in [9.17, 15) is 105 Å². The Hall–Kier alpha value is -13.7. The van der Waals surface area contributed by atoms with E-state index in [4.69, 9.17) is 37.9 Å². The molecule has 0 atom stereocenters. The summed E-state index contributed by atoms with van der Waals surface area (Å²) in [6.07, 6.45) is -46.4. The molecule has 13 rings (SSSR count). The van der Waals surface area contributed by atoms with Gasteiger partial charge in [-0.15, -0.1) is 11.3 Å². The Morgan fingerprint density at radius 3 is 0.380 bits per heavy atom. The molecule has 0 aliphatic heterocycles. The molecule has 37 heteroatoms. The second-order valence-corrected chi connectivity index (χ2v) is 31.7. The summed E-state index contributed by atoms with van der Waals surface area (Å²) in [6, 6.07) is 76.5. The maximum Gasteiger partial charge on any atom is 0.392 e. The minimum Gasteiger partial charge on any atom is -0.493 e. The lowest BCUT2D eigenvalue weighted by Crippen LogP contribution is -2.13. The van der Waals surface area contributed by atoms with Crippen LogP contribution >= 0.6 is 11.3 Å². The molecule has 0 aliphatic rings. The Morgan fingerprint density at radius 2 is 0.263 bits per heavy atom. The summed E-state index contributed by atoms with van der Waals surface area (Å²) in [7, 11) is 0. The van der Waals surface area contributed by atoms with Crippen molar-refractivity contribution < 1.29 is 143 Å². The summed E-state index contributed by atoms with van der Waals surface area (Å²) in [5, 5.41) is 0. The lowest BCUT2D eigenvalue weighted by atomic mass is 9.91. The van der Waals surface area contributed by atoms with E-state index in [1.807, 2.05) is 0 Å². The first-order valence-electron chi connectivity index (χ1n) is 42.0. The summed E-state index contributed by atoms with van der Waals surface area (Å²) in [5.41, 5.74) is 8.11. The number of ether oxygens (including phenoxy) is 8. The number of rotatable bonds is 40. The topological polar surface area (TPSA) is 86.8 Å². The molecule has 1 heterocycles. The third-order valence-corrected chi connectivity index (χ3v) is 21.8. The predicted octanol–water partition coefficient (Wildman–Crippen LogP) is 32.9. The van der Waals surface area contributed by atoms with E-state index in [-0.39, 0.29) is 46.0 Å². The second kappa shape index (κ2) is 43.5. The van der Waals surface area contributed by atoms with E-state index in [2.05, 4.69) is 0 Å². The lowest BCUT2D eigenvalue weighted by molar-refractivity contribution is -0.140. The van der Waals surface area contributed by atoms with Gasteiger partial charge in [0.05, 0.1) is 104 Å². The number of nitrogens with zero attached hydrogens (tertiary/aromatic N) is 4. The van der Waals surface area contributed by atoms with Gasteiger partial charge in [0.2, 0.25) is 0 Å². The van der Waals surface area contributed by atoms with Crippen LogP contribution in [0.15, 0.2) is 291 Å². The van der Waals surface area contributed by atoms with Crippen LogP contribution in [0.4, 0.5) is 174 Å². The van der Waals surface area contributed by atoms with Gasteiger partial charge in [0.15, 0.2) is 0 Å². The SMILES string of the molecule is FC(F)(F)CCOc1ccc(N(c2ccc(OCCC(F)(F)F)cc2)c2ccc(-c3sc(-c4ccc(N(c5ccc(OCCC(F)(F)F)cc5)c5ccc(OCCC(F)(F)F)cc5)cc4)c(-c4ccc(N(c5ccc(OCCC(F)(F)F)cc5)c5ccc(OCCC(F)(F)F)cc5)cc4)c3-c3ccc(N(c4ccc(OCCC(F)(F)F)cc4)c4ccc(OCCC(F)(F)F)cc4)cc3)cc2)cc1. The van der Waals surface area contributed by atoms with Crippen molar-refractivity contribution in [2.75, 3.05) is 72.5 Å². The highest BCUT2D eigenvalue weighted by atomic mass is 32.1. The van der Waals surface area contributed by atoms with Gasteiger partial charge in [-0.3, -0.25) is 0 Å². The average molecular weight is 1950 g/mol. The fourth-order valence-corrected chi connectivity index (χ4v) is 15.4. The maximum absolute atomic E-state index is 13.4. The number of benzene rings is 12. The van der Waals surface area contributed by atoms with Crippen LogP contribution in [0, 0.1) is 0 Å². The van der Waals surface area contributed by atoms with Crippen LogP contribution < -0.4 is 57.5 Å². The fraction of sp³-hybridized carbons (Fsp3) is 0.240. The van der Waals surface area contributed by atoms with E-state index in [0.29, 0.717) is 111 Å². The molecule has 12 aromatic carbocycles. The van der Waals surface area contributed by atoms with Crippen LogP contribution in [0.3, 0.4) is 0 Å². The summed E-state index contributed by atoms with van der Waals surface area (Å²) in [4.78, 5) is 8.06. The second-order valence-electron chi connectivity index (χ2n) is 30.7. The molecule has 0 N–H and O–H groups in total. The van der Waals surface area contributed by atoms with Crippen LogP contribution in [0.5, 0.6) is 46.0 Å². The lowest BCUT2D eigenvalue weighted by Gasteiger charge is -2.27. The minimum atomic E-state index is -4.55. The zero-order valence-electron chi connectivity index (χ0n) is 71.6. The number of alkyl halides is 24. The molecule has 0 bridgehead atoms. The molecule has 13 aromatic rings. The van der Waals surface area contributed by atoms with E-state index in [1.165, 1.54) is 108 Å². The average Bonchev–Trinajstić information content (AvgIpc) is 1.59. The van der Waals surface area contributed by atoms with Crippen molar-refractivity contribution in [1.82, 2.24) is 0 Å². The highest BCUT2D eigenvalue weighted by molar-refractivity contribution is 7.20. The number of hydrogen-bond acceptors (Lipinski definition) is 13. The Balaban J connectivity index is 1.01. The number of hydrogen-bond donors (Lipinski definition) is 0. The monoisotopic (exact) mass is 1950 g/mol. The first-order chi connectivity index (χ1) is 64.8. The molecule has 0 saturated heterocycles. The third kappa shape index (κ3) is 30.1. The quantitative estimate of drug-likeness (QED) is 0.0343. The molecule has 1 aromatic heterocycles. The summed E-state index contributed by atoms with van der Waals surface area (Å²) >= 11 is 1.29. The molecule has 722 valence electrons. The first kappa shape index (κ1) is 101. The van der Waals surface area contributed by atoms with Gasteiger partial charge in [-0.1, -0.05) is 48.5 Å². The van der Waals surface area contributed by atoms with Crippen LogP contribution in [-0.4, -0.2) is 102 Å². The smallest absolute Gasteiger partial charge is 0.392 e. The third-order valence-electron chi connectivity index (χ3n) is 20.5. The van der Waals surface area contributed by atoms with Gasteiger partial charge in [0.1, 0.15) is 46.0 Å². The summed E-state index contributed by atoms with van der Waals surface area (Å²) < 4.78 is 364. The Labute approximate surface area is 772 Å². The standard InChI is InChI=1S/C100H80F24N4O8S/c101-93(102,103)49-57-129-81-33-17-73(18-34-81)125(74-19-35-82(36-20-74)130-58-50-94(104,105)106)69-9-1-65(2-10-69)89-90(66-3-11-70(12-4-66)126(75-21-37-83(38-22-75)131-59-51-95(107,108)109)76-23-39-84(40-24-76)132-60-52-96(110,111)112)92(68-7-15-72(16-8-68)128(79-29-45-87(46-30-79)135-63-55-99(119,120)121)80-31-47-88(48-32-80)136-64-56-100(122,123)124)137-91(89)67-5-13-71(14-6-67)127(77-25-41-85(42-26-77)133-61-53-97(113,114)115)78-27-43-86(44-28-78)134-62-54-98(116,117)118/h1-48H,49-64H2. The van der Waals surface area contributed by atoms with Gasteiger partial charge >= 0.3 is 49.4 Å². The zero-order chi connectivity index (χ0) is 98.1. The summed E-state index contributed by atoms with van der Waals surface area (Å²) in [6.45, 7) is -5.70. The molecule has 12 nitrogen and oxygen atoms in total. The van der Waals surface area contributed by atoms with Gasteiger partial charge in [-0.05, 0) is 265 Å². The van der Waals surface area contributed by atoms with Crippen molar-refractivity contribution in [2.24, 2.45) is 0 Å². The van der Waals surface area contributed by atoms with E-state index in [1.54, 1.807) is 214 Å². The Kier molecular flexibility index (Phi) is 32.0. The Bertz CT molecular complexity index is 5370. The van der Waals surface area contributed by atoms with Crippen LogP contribution in [0.2, 0.25) is 0 Å².